The summed E-state index contributed by atoms with van der Waals surface area (Å²) in [5.41, 5.74) is 2.55. The Hall–Kier alpha value is -2.84. The third-order valence-electron chi connectivity index (χ3n) is 3.51. The van der Waals surface area contributed by atoms with E-state index in [2.05, 4.69) is 20.6 Å². The molecule has 4 aromatic rings. The molecule has 0 atom stereocenters. The van der Waals surface area contributed by atoms with Crippen LogP contribution in [0.25, 0.3) is 23.0 Å². The van der Waals surface area contributed by atoms with Crippen molar-refractivity contribution < 1.29 is 4.79 Å². The van der Waals surface area contributed by atoms with Crippen molar-refractivity contribution in [2.45, 2.75) is 6.54 Å². The maximum atomic E-state index is 12.0. The van der Waals surface area contributed by atoms with Gasteiger partial charge in [-0.25, -0.2) is 0 Å². The number of hydrogen-bond donors (Lipinski definition) is 1. The second kappa shape index (κ2) is 6.96. The van der Waals surface area contributed by atoms with Crippen molar-refractivity contribution in [3.8, 4) is 11.3 Å². The zero-order valence-corrected chi connectivity index (χ0v) is 14.6. The molecule has 0 aliphatic carbocycles. The Labute approximate surface area is 151 Å². The van der Waals surface area contributed by atoms with Gasteiger partial charge in [0.25, 0.3) is 0 Å². The number of fused-ring (bicyclic) bond motifs is 1. The van der Waals surface area contributed by atoms with Crippen molar-refractivity contribution in [3.05, 3.63) is 63.2 Å². The van der Waals surface area contributed by atoms with Crippen LogP contribution in [-0.2, 0) is 11.3 Å². The zero-order valence-electron chi connectivity index (χ0n) is 13.0. The summed E-state index contributed by atoms with van der Waals surface area (Å²) in [7, 11) is 0. The summed E-state index contributed by atoms with van der Waals surface area (Å²) >= 11 is 3.20. The van der Waals surface area contributed by atoms with E-state index in [4.69, 9.17) is 0 Å². The van der Waals surface area contributed by atoms with Gasteiger partial charge in [0.2, 0.25) is 5.91 Å². The highest BCUT2D eigenvalue weighted by Gasteiger charge is 2.09. The molecule has 0 saturated heterocycles. The largest absolute Gasteiger partial charge is 0.345 e. The van der Waals surface area contributed by atoms with Crippen LogP contribution in [0, 0.1) is 0 Å². The van der Waals surface area contributed by atoms with E-state index < -0.39 is 0 Å². The van der Waals surface area contributed by atoms with Gasteiger partial charge < -0.3 is 5.32 Å². The molecule has 0 aliphatic heterocycles. The molecule has 25 heavy (non-hydrogen) atoms. The van der Waals surface area contributed by atoms with Gasteiger partial charge in [0, 0.05) is 21.9 Å². The highest BCUT2D eigenvalue weighted by atomic mass is 32.1. The summed E-state index contributed by atoms with van der Waals surface area (Å²) in [5, 5.41) is 21.6. The smallest absolute Gasteiger partial charge is 0.244 e. The van der Waals surface area contributed by atoms with Crippen LogP contribution < -0.4 is 5.32 Å². The van der Waals surface area contributed by atoms with Gasteiger partial charge in [-0.05, 0) is 41.1 Å². The van der Waals surface area contributed by atoms with E-state index in [0.717, 1.165) is 16.1 Å². The topological polar surface area (TPSA) is 72.2 Å². The molecule has 4 heterocycles. The van der Waals surface area contributed by atoms with Crippen molar-refractivity contribution >= 4 is 40.3 Å². The van der Waals surface area contributed by atoms with E-state index in [1.54, 1.807) is 33.3 Å². The maximum Gasteiger partial charge on any atom is 0.244 e. The maximum absolute atomic E-state index is 12.0. The molecule has 124 valence electrons. The third kappa shape index (κ3) is 3.49. The van der Waals surface area contributed by atoms with Gasteiger partial charge >= 0.3 is 0 Å². The van der Waals surface area contributed by atoms with Crippen LogP contribution in [0.2, 0.25) is 0 Å². The number of thiophene rings is 2. The predicted molar refractivity (Wildman–Crippen MR) is 99.3 cm³/mol. The number of aromatic nitrogens is 4. The van der Waals surface area contributed by atoms with Gasteiger partial charge in [0.05, 0.1) is 12.2 Å². The van der Waals surface area contributed by atoms with Crippen LogP contribution >= 0.6 is 22.7 Å². The summed E-state index contributed by atoms with van der Waals surface area (Å²) in [6.45, 7) is 0.259. The number of nitrogens with one attached hydrogen (secondary N) is 1. The average Bonchev–Trinajstić information content (AvgIpc) is 3.39. The first-order chi connectivity index (χ1) is 12.3. The predicted octanol–water partition coefficient (Wildman–Crippen LogP) is 3.24. The SMILES string of the molecule is O=C(C=Cc1cccs1)NCc1nnc2ccc(-c3ccsc3)nn12. The van der Waals surface area contributed by atoms with E-state index in [9.17, 15) is 4.79 Å². The minimum atomic E-state index is -0.181. The normalized spacial score (nSPS) is 11.4. The summed E-state index contributed by atoms with van der Waals surface area (Å²) in [6.07, 6.45) is 3.30. The van der Waals surface area contributed by atoms with Gasteiger partial charge in [0.1, 0.15) is 0 Å². The lowest BCUT2D eigenvalue weighted by molar-refractivity contribution is -0.116. The first-order valence-corrected chi connectivity index (χ1v) is 9.35. The van der Waals surface area contributed by atoms with Gasteiger partial charge in [-0.3, -0.25) is 4.79 Å². The standard InChI is InChI=1S/C17H13N5OS2/c23-17(6-3-13-2-1-8-25-13)18-10-16-20-19-15-5-4-14(21-22(15)16)12-7-9-24-11-12/h1-9,11H,10H2,(H,18,23). The fourth-order valence-electron chi connectivity index (χ4n) is 2.28. The zero-order chi connectivity index (χ0) is 17.1. The minimum Gasteiger partial charge on any atom is -0.345 e. The molecule has 4 aromatic heterocycles. The molecule has 6 nitrogen and oxygen atoms in total. The highest BCUT2D eigenvalue weighted by Crippen LogP contribution is 2.20. The van der Waals surface area contributed by atoms with Crippen LogP contribution in [0.1, 0.15) is 10.7 Å². The number of hydrogen-bond acceptors (Lipinski definition) is 6. The van der Waals surface area contributed by atoms with Crippen LogP contribution in [-0.4, -0.2) is 25.7 Å². The quantitative estimate of drug-likeness (QED) is 0.550. The molecule has 0 unspecified atom stereocenters. The second-order valence-electron chi connectivity index (χ2n) is 5.18. The Morgan fingerprint density at radius 2 is 2.16 bits per heavy atom. The molecule has 0 spiro atoms. The molecule has 0 saturated carbocycles. The molecule has 8 heteroatoms. The first-order valence-electron chi connectivity index (χ1n) is 7.53. The Morgan fingerprint density at radius 3 is 2.96 bits per heavy atom. The highest BCUT2D eigenvalue weighted by molar-refractivity contribution is 7.10. The second-order valence-corrected chi connectivity index (χ2v) is 6.94. The van der Waals surface area contributed by atoms with Crippen LogP contribution in [0.5, 0.6) is 0 Å². The number of carbonyl (C=O) groups is 1. The fourth-order valence-corrected chi connectivity index (χ4v) is 3.54. The molecule has 1 amide bonds. The molecule has 0 bridgehead atoms. The summed E-state index contributed by atoms with van der Waals surface area (Å²) < 4.78 is 1.66. The number of nitrogens with zero attached hydrogens (tertiary/aromatic N) is 4. The lowest BCUT2D eigenvalue weighted by Gasteiger charge is -2.02. The Morgan fingerprint density at radius 1 is 1.20 bits per heavy atom. The monoisotopic (exact) mass is 367 g/mol. The Balaban J connectivity index is 1.49. The molecule has 4 rings (SSSR count). The average molecular weight is 367 g/mol. The molecule has 0 fully saturated rings. The van der Waals surface area contributed by atoms with E-state index >= 15 is 0 Å². The van der Waals surface area contributed by atoms with Gasteiger partial charge in [-0.1, -0.05) is 6.07 Å². The molecular weight excluding hydrogens is 354 g/mol. The van der Waals surface area contributed by atoms with Crippen molar-refractivity contribution in [1.29, 1.82) is 0 Å². The molecule has 0 aromatic carbocycles. The Kier molecular flexibility index (Phi) is 4.36. The summed E-state index contributed by atoms with van der Waals surface area (Å²) in [6, 6.07) is 9.70. The summed E-state index contributed by atoms with van der Waals surface area (Å²) in [4.78, 5) is 13.0. The lowest BCUT2D eigenvalue weighted by Crippen LogP contribution is -2.22. The molecule has 1 N–H and O–H groups in total. The van der Waals surface area contributed by atoms with Crippen LogP contribution in [0.15, 0.2) is 52.5 Å². The number of carbonyl (C=O) groups excluding carboxylic acids is 1. The van der Waals surface area contributed by atoms with Crippen molar-refractivity contribution in [3.63, 3.8) is 0 Å². The van der Waals surface area contributed by atoms with Crippen LogP contribution in [0.3, 0.4) is 0 Å². The van der Waals surface area contributed by atoms with Crippen LogP contribution in [0.4, 0.5) is 0 Å². The summed E-state index contributed by atoms with van der Waals surface area (Å²) in [5.74, 6) is 0.407. The number of amides is 1. The molecular formula is C17H13N5OS2. The third-order valence-corrected chi connectivity index (χ3v) is 5.03. The molecule has 0 aliphatic rings. The van der Waals surface area contributed by atoms with E-state index in [1.807, 2.05) is 46.5 Å². The fraction of sp³-hybridized carbons (Fsp3) is 0.0588. The van der Waals surface area contributed by atoms with E-state index in [1.165, 1.54) is 6.08 Å². The lowest BCUT2D eigenvalue weighted by atomic mass is 10.2. The van der Waals surface area contributed by atoms with Gasteiger partial charge in [-0.15, -0.1) is 21.5 Å². The number of rotatable bonds is 5. The van der Waals surface area contributed by atoms with E-state index in [0.29, 0.717) is 11.5 Å². The Bertz CT molecular complexity index is 1020. The van der Waals surface area contributed by atoms with Crippen molar-refractivity contribution in [2.75, 3.05) is 0 Å². The first kappa shape index (κ1) is 15.7. The van der Waals surface area contributed by atoms with Crippen molar-refractivity contribution in [1.82, 2.24) is 25.1 Å². The van der Waals surface area contributed by atoms with E-state index in [-0.39, 0.29) is 12.5 Å². The van der Waals surface area contributed by atoms with Crippen molar-refractivity contribution in [2.24, 2.45) is 0 Å². The molecule has 0 radical (unpaired) electrons. The minimum absolute atomic E-state index is 0.181. The van der Waals surface area contributed by atoms with Gasteiger partial charge in [0.15, 0.2) is 11.5 Å². The van der Waals surface area contributed by atoms with Gasteiger partial charge in [-0.2, -0.15) is 21.0 Å².